The van der Waals surface area contributed by atoms with Crippen molar-refractivity contribution in [1.29, 1.82) is 0 Å². The van der Waals surface area contributed by atoms with Gasteiger partial charge in [-0.3, -0.25) is 0 Å². The predicted molar refractivity (Wildman–Crippen MR) is 97.8 cm³/mol. The standard InChI is InChI=1S/C18H15N2O2S2/c1-19-11-5-3-4-6-15(11)23-17(19)9-18-20(2)12-7-13-14(22-10-21-13)8-16(12)24-18/h3-9H,10H2,1-2H3/q+1. The molecule has 6 heteroatoms. The van der Waals surface area contributed by atoms with Crippen LogP contribution in [0.25, 0.3) is 16.3 Å². The molecule has 0 amide bonds. The maximum Gasteiger partial charge on any atom is 0.265 e. The monoisotopic (exact) mass is 355 g/mol. The third kappa shape index (κ3) is 2.03. The lowest BCUT2D eigenvalue weighted by molar-refractivity contribution is -0.642. The van der Waals surface area contributed by atoms with Gasteiger partial charge in [0.15, 0.2) is 11.5 Å². The molecule has 0 N–H and O–H groups in total. The smallest absolute Gasteiger partial charge is 0.265 e. The lowest BCUT2D eigenvalue weighted by Crippen LogP contribution is -2.29. The zero-order chi connectivity index (χ0) is 16.3. The van der Waals surface area contributed by atoms with Crippen molar-refractivity contribution in [1.82, 2.24) is 0 Å². The van der Waals surface area contributed by atoms with Gasteiger partial charge in [-0.15, -0.1) is 0 Å². The Balaban J connectivity index is 1.57. The van der Waals surface area contributed by atoms with E-state index in [4.69, 9.17) is 9.47 Å². The first-order chi connectivity index (χ1) is 11.7. The SMILES string of the molecule is CN1C(=Cc2sc3ccccc3[n+]2C)Sc2cc3c(cc21)OCO3. The summed E-state index contributed by atoms with van der Waals surface area (Å²) < 4.78 is 14.5. The van der Waals surface area contributed by atoms with Crippen LogP contribution in [-0.4, -0.2) is 13.8 Å². The Morgan fingerprint density at radius 1 is 1.17 bits per heavy atom. The van der Waals surface area contributed by atoms with E-state index in [0.29, 0.717) is 6.79 Å². The number of nitrogens with zero attached hydrogens (tertiary/aromatic N) is 2. The first kappa shape index (κ1) is 14.2. The maximum atomic E-state index is 5.50. The molecular formula is C18H15N2O2S2+. The number of aryl methyl sites for hydroxylation is 1. The summed E-state index contributed by atoms with van der Waals surface area (Å²) in [5, 5.41) is 2.44. The Kier molecular flexibility index (Phi) is 3.05. The van der Waals surface area contributed by atoms with Gasteiger partial charge in [0, 0.05) is 30.1 Å². The van der Waals surface area contributed by atoms with Gasteiger partial charge in [-0.2, -0.15) is 4.57 Å². The number of para-hydroxylation sites is 1. The van der Waals surface area contributed by atoms with Crippen LogP contribution < -0.4 is 18.9 Å². The second-order valence-electron chi connectivity index (χ2n) is 5.78. The number of hydrogen-bond acceptors (Lipinski definition) is 5. The van der Waals surface area contributed by atoms with Gasteiger partial charge in [-0.05, 0) is 6.07 Å². The zero-order valence-electron chi connectivity index (χ0n) is 13.3. The van der Waals surface area contributed by atoms with Crippen LogP contribution in [0, 0.1) is 0 Å². The first-order valence-electron chi connectivity index (χ1n) is 7.65. The van der Waals surface area contributed by atoms with Crippen molar-refractivity contribution in [3.63, 3.8) is 0 Å². The Bertz CT molecular complexity index is 1010. The van der Waals surface area contributed by atoms with E-state index in [1.54, 1.807) is 11.8 Å². The summed E-state index contributed by atoms with van der Waals surface area (Å²) in [6.07, 6.45) is 2.25. The van der Waals surface area contributed by atoms with Crippen LogP contribution in [0.15, 0.2) is 46.3 Å². The Morgan fingerprint density at radius 3 is 2.79 bits per heavy atom. The van der Waals surface area contributed by atoms with E-state index in [9.17, 15) is 0 Å². The molecule has 0 atom stereocenters. The number of thiazole rings is 1. The van der Waals surface area contributed by atoms with Crippen LogP contribution in [0.4, 0.5) is 5.69 Å². The van der Waals surface area contributed by atoms with E-state index < -0.39 is 0 Å². The highest BCUT2D eigenvalue weighted by Gasteiger charge is 2.28. The number of anilines is 1. The molecule has 0 saturated carbocycles. The van der Waals surface area contributed by atoms with Crippen LogP contribution in [0.2, 0.25) is 0 Å². The number of hydrogen-bond donors (Lipinski definition) is 0. The third-order valence-corrected chi connectivity index (χ3v) is 6.69. The lowest BCUT2D eigenvalue weighted by Gasteiger charge is -2.12. The topological polar surface area (TPSA) is 25.6 Å². The van der Waals surface area contributed by atoms with Crippen molar-refractivity contribution >= 4 is 45.1 Å². The molecule has 0 radical (unpaired) electrons. The predicted octanol–water partition coefficient (Wildman–Crippen LogP) is 4.00. The molecule has 24 heavy (non-hydrogen) atoms. The molecule has 3 aromatic rings. The minimum atomic E-state index is 0.312. The summed E-state index contributed by atoms with van der Waals surface area (Å²) >= 11 is 3.58. The molecule has 0 fully saturated rings. The molecule has 0 spiro atoms. The van der Waals surface area contributed by atoms with E-state index in [-0.39, 0.29) is 0 Å². The third-order valence-electron chi connectivity index (χ3n) is 4.38. The Morgan fingerprint density at radius 2 is 1.96 bits per heavy atom. The molecule has 0 saturated heterocycles. The van der Waals surface area contributed by atoms with Gasteiger partial charge in [0.1, 0.15) is 11.7 Å². The normalized spacial score (nSPS) is 17.1. The molecule has 4 nitrogen and oxygen atoms in total. The molecule has 120 valence electrons. The van der Waals surface area contributed by atoms with Crippen LogP contribution in [0.1, 0.15) is 5.01 Å². The number of rotatable bonds is 1. The summed E-state index contributed by atoms with van der Waals surface area (Å²) in [6, 6.07) is 12.6. The molecule has 3 heterocycles. The van der Waals surface area contributed by atoms with Gasteiger partial charge in [-0.25, -0.2) is 0 Å². The van der Waals surface area contributed by atoms with E-state index in [1.807, 2.05) is 11.3 Å². The molecule has 0 unspecified atom stereocenters. The van der Waals surface area contributed by atoms with Crippen molar-refractivity contribution in [3.8, 4) is 11.5 Å². The molecule has 2 aliphatic rings. The van der Waals surface area contributed by atoms with Gasteiger partial charge in [0.25, 0.3) is 5.01 Å². The summed E-state index contributed by atoms with van der Waals surface area (Å²) in [7, 11) is 4.22. The molecular weight excluding hydrogens is 340 g/mol. The molecule has 5 rings (SSSR count). The number of fused-ring (bicyclic) bond motifs is 3. The summed E-state index contributed by atoms with van der Waals surface area (Å²) in [6.45, 7) is 0.312. The second-order valence-corrected chi connectivity index (χ2v) is 7.91. The largest absolute Gasteiger partial charge is 0.454 e. The molecule has 2 aromatic carbocycles. The fraction of sp³-hybridized carbons (Fsp3) is 0.167. The highest BCUT2D eigenvalue weighted by Crippen LogP contribution is 2.51. The quantitative estimate of drug-likeness (QED) is 0.616. The minimum Gasteiger partial charge on any atom is -0.454 e. The molecule has 0 bridgehead atoms. The fourth-order valence-electron chi connectivity index (χ4n) is 3.03. The van der Waals surface area contributed by atoms with Crippen LogP contribution >= 0.6 is 23.1 Å². The van der Waals surface area contributed by atoms with Crippen molar-refractivity contribution in [2.75, 3.05) is 18.7 Å². The van der Waals surface area contributed by atoms with E-state index in [2.05, 4.69) is 66.0 Å². The molecule has 2 aliphatic heterocycles. The number of aromatic nitrogens is 1. The van der Waals surface area contributed by atoms with Crippen LogP contribution in [0.3, 0.4) is 0 Å². The van der Waals surface area contributed by atoms with Crippen LogP contribution in [0.5, 0.6) is 11.5 Å². The maximum absolute atomic E-state index is 5.50. The van der Waals surface area contributed by atoms with Gasteiger partial charge < -0.3 is 14.4 Å². The van der Waals surface area contributed by atoms with Gasteiger partial charge in [0.2, 0.25) is 12.3 Å². The van der Waals surface area contributed by atoms with Gasteiger partial charge in [-0.1, -0.05) is 35.2 Å². The fourth-order valence-corrected chi connectivity index (χ4v) is 5.29. The summed E-state index contributed by atoms with van der Waals surface area (Å²) in [5.41, 5.74) is 2.43. The first-order valence-corrected chi connectivity index (χ1v) is 9.28. The van der Waals surface area contributed by atoms with Gasteiger partial charge >= 0.3 is 0 Å². The number of benzene rings is 2. The summed E-state index contributed by atoms with van der Waals surface area (Å²) in [5.74, 6) is 1.66. The van der Waals surface area contributed by atoms with E-state index >= 15 is 0 Å². The van der Waals surface area contributed by atoms with E-state index in [1.165, 1.54) is 30.8 Å². The highest BCUT2D eigenvalue weighted by atomic mass is 32.2. The second kappa shape index (κ2) is 5.16. The average Bonchev–Trinajstić information content (AvgIpc) is 3.25. The highest BCUT2D eigenvalue weighted by molar-refractivity contribution is 8.03. The van der Waals surface area contributed by atoms with Crippen molar-refractivity contribution in [2.24, 2.45) is 7.05 Å². The molecule has 1 aromatic heterocycles. The zero-order valence-corrected chi connectivity index (χ0v) is 14.9. The van der Waals surface area contributed by atoms with Crippen molar-refractivity contribution in [2.45, 2.75) is 4.90 Å². The molecule has 0 aliphatic carbocycles. The minimum absolute atomic E-state index is 0.312. The van der Waals surface area contributed by atoms with E-state index in [0.717, 1.165) is 11.5 Å². The van der Waals surface area contributed by atoms with Crippen LogP contribution in [-0.2, 0) is 7.05 Å². The van der Waals surface area contributed by atoms with Gasteiger partial charge in [0.05, 0.1) is 16.8 Å². The Hall–Kier alpha value is -2.18. The number of ether oxygens (including phenoxy) is 2. The van der Waals surface area contributed by atoms with Crippen molar-refractivity contribution < 1.29 is 14.0 Å². The number of thioether (sulfide) groups is 1. The summed E-state index contributed by atoms with van der Waals surface area (Å²) in [4.78, 5) is 3.42. The lowest BCUT2D eigenvalue weighted by atomic mass is 10.2. The average molecular weight is 355 g/mol. The Labute approximate surface area is 147 Å². The van der Waals surface area contributed by atoms with Crippen molar-refractivity contribution in [3.05, 3.63) is 46.4 Å².